The van der Waals surface area contributed by atoms with E-state index in [2.05, 4.69) is 15.3 Å². The van der Waals surface area contributed by atoms with Crippen molar-refractivity contribution in [2.24, 2.45) is 0 Å². The fourth-order valence-corrected chi connectivity index (χ4v) is 2.12. The van der Waals surface area contributed by atoms with E-state index in [1.807, 2.05) is 20.8 Å². The van der Waals surface area contributed by atoms with E-state index < -0.39 is 0 Å². The third-order valence-corrected chi connectivity index (χ3v) is 3.03. The molecule has 0 aliphatic carbocycles. The van der Waals surface area contributed by atoms with Gasteiger partial charge in [0.25, 0.3) is 5.91 Å². The van der Waals surface area contributed by atoms with E-state index in [4.69, 9.17) is 4.74 Å². The van der Waals surface area contributed by atoms with E-state index >= 15 is 0 Å². The van der Waals surface area contributed by atoms with Crippen molar-refractivity contribution in [2.75, 3.05) is 5.32 Å². The summed E-state index contributed by atoms with van der Waals surface area (Å²) in [6, 6.07) is 3.38. The zero-order valence-electron chi connectivity index (χ0n) is 11.0. The largest absolute Gasteiger partial charge is 0.474 e. The average molecular weight is 277 g/mol. The maximum Gasteiger partial charge on any atom is 0.262 e. The number of aryl methyl sites for hydroxylation is 1. The molecule has 1 N–H and O–H groups in total. The average Bonchev–Trinajstić information content (AvgIpc) is 2.74. The van der Waals surface area contributed by atoms with Crippen LogP contribution >= 0.6 is 11.3 Å². The molecule has 0 unspecified atom stereocenters. The van der Waals surface area contributed by atoms with Crippen LogP contribution in [0, 0.1) is 6.92 Å². The normalized spacial score (nSPS) is 10.5. The summed E-state index contributed by atoms with van der Waals surface area (Å²) in [7, 11) is 0. The lowest BCUT2D eigenvalue weighted by Crippen LogP contribution is -2.16. The summed E-state index contributed by atoms with van der Waals surface area (Å²) < 4.78 is 5.52. The highest BCUT2D eigenvalue weighted by molar-refractivity contribution is 7.15. The molecule has 0 aromatic carbocycles. The first-order valence-electron chi connectivity index (χ1n) is 5.91. The number of nitrogens with one attached hydrogen (secondary N) is 1. The van der Waals surface area contributed by atoms with Crippen molar-refractivity contribution in [2.45, 2.75) is 26.9 Å². The highest BCUT2D eigenvalue weighted by Crippen LogP contribution is 2.20. The summed E-state index contributed by atoms with van der Waals surface area (Å²) in [6.07, 6.45) is 3.28. The zero-order valence-corrected chi connectivity index (χ0v) is 11.8. The number of aromatic nitrogens is 2. The third-order valence-electron chi connectivity index (χ3n) is 2.20. The van der Waals surface area contributed by atoms with Gasteiger partial charge in [-0.3, -0.25) is 10.1 Å². The molecule has 19 heavy (non-hydrogen) atoms. The zero-order chi connectivity index (χ0) is 13.8. The molecule has 0 saturated heterocycles. The smallest absolute Gasteiger partial charge is 0.262 e. The number of anilines is 1. The minimum Gasteiger partial charge on any atom is -0.474 e. The number of hydrogen-bond donors (Lipinski definition) is 1. The van der Waals surface area contributed by atoms with Crippen LogP contribution in [0.4, 0.5) is 5.13 Å². The van der Waals surface area contributed by atoms with Gasteiger partial charge in [-0.25, -0.2) is 9.97 Å². The van der Waals surface area contributed by atoms with E-state index in [-0.39, 0.29) is 12.0 Å². The van der Waals surface area contributed by atoms with Gasteiger partial charge in [0.15, 0.2) is 5.13 Å². The Morgan fingerprint density at radius 3 is 2.84 bits per heavy atom. The molecule has 0 atom stereocenters. The first kappa shape index (κ1) is 13.5. The molecule has 0 aliphatic heterocycles. The van der Waals surface area contributed by atoms with Crippen LogP contribution in [0.15, 0.2) is 24.5 Å². The summed E-state index contributed by atoms with van der Waals surface area (Å²) in [4.78, 5) is 21.4. The fourth-order valence-electron chi connectivity index (χ4n) is 1.46. The van der Waals surface area contributed by atoms with Crippen LogP contribution < -0.4 is 10.1 Å². The second-order valence-corrected chi connectivity index (χ2v) is 5.49. The molecule has 2 aromatic heterocycles. The molecule has 2 aromatic rings. The molecule has 2 heterocycles. The van der Waals surface area contributed by atoms with Gasteiger partial charge < -0.3 is 4.74 Å². The van der Waals surface area contributed by atoms with E-state index in [0.717, 1.165) is 4.88 Å². The second-order valence-electron chi connectivity index (χ2n) is 4.25. The van der Waals surface area contributed by atoms with Crippen LogP contribution in [0.2, 0.25) is 0 Å². The van der Waals surface area contributed by atoms with Crippen LogP contribution in [0.5, 0.6) is 5.88 Å². The first-order valence-corrected chi connectivity index (χ1v) is 6.73. The van der Waals surface area contributed by atoms with Crippen molar-refractivity contribution in [3.63, 3.8) is 0 Å². The van der Waals surface area contributed by atoms with Crippen LogP contribution in [0.1, 0.15) is 29.1 Å². The summed E-state index contributed by atoms with van der Waals surface area (Å²) in [5, 5.41) is 3.31. The summed E-state index contributed by atoms with van der Waals surface area (Å²) >= 11 is 1.43. The lowest BCUT2D eigenvalue weighted by atomic mass is 10.2. The molecule has 6 heteroatoms. The molecule has 2 rings (SSSR count). The van der Waals surface area contributed by atoms with Gasteiger partial charge in [-0.05, 0) is 32.9 Å². The van der Waals surface area contributed by atoms with Gasteiger partial charge in [0.05, 0.1) is 6.10 Å². The van der Waals surface area contributed by atoms with Crippen molar-refractivity contribution in [3.8, 4) is 5.88 Å². The van der Waals surface area contributed by atoms with Crippen LogP contribution in [0.3, 0.4) is 0 Å². The number of ether oxygens (including phenoxy) is 1. The van der Waals surface area contributed by atoms with Crippen molar-refractivity contribution in [3.05, 3.63) is 35.0 Å². The predicted octanol–water partition coefficient (Wildman–Crippen LogP) is 2.89. The van der Waals surface area contributed by atoms with Crippen LogP contribution in [-0.2, 0) is 0 Å². The van der Waals surface area contributed by atoms with Gasteiger partial charge >= 0.3 is 0 Å². The molecular weight excluding hydrogens is 262 g/mol. The van der Waals surface area contributed by atoms with Gasteiger partial charge in [-0.2, -0.15) is 0 Å². The maximum atomic E-state index is 12.2. The van der Waals surface area contributed by atoms with Gasteiger partial charge in [0, 0.05) is 17.3 Å². The van der Waals surface area contributed by atoms with Crippen LogP contribution in [0.25, 0.3) is 0 Å². The molecule has 0 aliphatic rings. The minimum absolute atomic E-state index is 0.0384. The molecule has 0 saturated carbocycles. The van der Waals surface area contributed by atoms with E-state index in [1.165, 1.54) is 11.3 Å². The fraction of sp³-hybridized carbons (Fsp3) is 0.308. The summed E-state index contributed by atoms with van der Waals surface area (Å²) in [6.45, 7) is 5.71. The summed E-state index contributed by atoms with van der Waals surface area (Å²) in [5.74, 6) is 0.0707. The van der Waals surface area contributed by atoms with E-state index in [1.54, 1.807) is 24.5 Å². The summed E-state index contributed by atoms with van der Waals surface area (Å²) in [5.41, 5.74) is 0.407. The van der Waals surface area contributed by atoms with E-state index in [9.17, 15) is 4.79 Å². The Hall–Kier alpha value is -1.95. The number of amides is 1. The second kappa shape index (κ2) is 5.79. The highest BCUT2D eigenvalue weighted by Gasteiger charge is 2.15. The first-order chi connectivity index (χ1) is 9.06. The third kappa shape index (κ3) is 3.51. The van der Waals surface area contributed by atoms with Gasteiger partial charge in [-0.1, -0.05) is 0 Å². The van der Waals surface area contributed by atoms with Crippen LogP contribution in [-0.4, -0.2) is 22.0 Å². The Morgan fingerprint density at radius 2 is 2.21 bits per heavy atom. The standard InChI is InChI=1S/C13H15N3O2S/c1-8(2)18-12-10(5-4-6-14-12)11(17)16-13-15-7-9(3)19-13/h4-8H,1-3H3,(H,15,16,17). The van der Waals surface area contributed by atoms with Gasteiger partial charge in [-0.15, -0.1) is 11.3 Å². The number of carbonyl (C=O) groups is 1. The molecule has 1 amide bonds. The number of pyridine rings is 1. The van der Waals surface area contributed by atoms with Crippen molar-refractivity contribution < 1.29 is 9.53 Å². The number of rotatable bonds is 4. The topological polar surface area (TPSA) is 64.1 Å². The molecule has 0 bridgehead atoms. The number of thiazole rings is 1. The van der Waals surface area contributed by atoms with Crippen molar-refractivity contribution >= 4 is 22.4 Å². The van der Waals surface area contributed by atoms with Gasteiger partial charge in [0.2, 0.25) is 5.88 Å². The van der Waals surface area contributed by atoms with Gasteiger partial charge in [0.1, 0.15) is 5.56 Å². The predicted molar refractivity (Wildman–Crippen MR) is 74.8 cm³/mol. The molecule has 100 valence electrons. The van der Waals surface area contributed by atoms with Crippen molar-refractivity contribution in [1.82, 2.24) is 9.97 Å². The number of carbonyl (C=O) groups excluding carboxylic acids is 1. The Bertz CT molecular complexity index is 581. The monoisotopic (exact) mass is 277 g/mol. The minimum atomic E-state index is -0.266. The quantitative estimate of drug-likeness (QED) is 0.933. The number of nitrogens with zero attached hydrogens (tertiary/aromatic N) is 2. The van der Waals surface area contributed by atoms with Crippen molar-refractivity contribution in [1.29, 1.82) is 0 Å². The molecule has 0 fully saturated rings. The number of hydrogen-bond acceptors (Lipinski definition) is 5. The molecular formula is C13H15N3O2S. The highest BCUT2D eigenvalue weighted by atomic mass is 32.1. The SMILES string of the molecule is Cc1cnc(NC(=O)c2cccnc2OC(C)C)s1. The lowest BCUT2D eigenvalue weighted by Gasteiger charge is -2.11. The molecule has 0 spiro atoms. The Kier molecular flexibility index (Phi) is 4.11. The Morgan fingerprint density at radius 1 is 1.42 bits per heavy atom. The van der Waals surface area contributed by atoms with E-state index in [0.29, 0.717) is 16.6 Å². The lowest BCUT2D eigenvalue weighted by molar-refractivity contribution is 0.102. The maximum absolute atomic E-state index is 12.2. The molecule has 0 radical (unpaired) electrons. The Balaban J connectivity index is 2.18. The Labute approximate surface area is 115 Å². The molecule has 5 nitrogen and oxygen atoms in total.